The van der Waals surface area contributed by atoms with E-state index in [9.17, 15) is 0 Å². The van der Waals surface area contributed by atoms with Crippen molar-refractivity contribution in [3.05, 3.63) is 12.1 Å². The van der Waals surface area contributed by atoms with Gasteiger partial charge in [0.15, 0.2) is 11.5 Å². The third-order valence-corrected chi connectivity index (χ3v) is 2.68. The van der Waals surface area contributed by atoms with Crippen molar-refractivity contribution < 1.29 is 9.47 Å². The number of nitrogens with two attached hydrogens (primary N) is 1. The number of hydrogen-bond donors (Lipinski definition) is 1. The van der Waals surface area contributed by atoms with Gasteiger partial charge >= 0.3 is 0 Å². The third-order valence-electron chi connectivity index (χ3n) is 1.87. The highest BCUT2D eigenvalue weighted by Crippen LogP contribution is 2.39. The Bertz CT molecular complexity index is 356. The third kappa shape index (κ3) is 2.64. The van der Waals surface area contributed by atoms with E-state index < -0.39 is 0 Å². The maximum Gasteiger partial charge on any atom is 0.162 e. The van der Waals surface area contributed by atoms with Gasteiger partial charge < -0.3 is 15.2 Å². The van der Waals surface area contributed by atoms with Crippen LogP contribution in [0.3, 0.4) is 0 Å². The molecule has 0 aromatic heterocycles. The number of aliphatic imine (C=N–C) groups is 1. The van der Waals surface area contributed by atoms with Crippen molar-refractivity contribution in [1.29, 1.82) is 0 Å². The fourth-order valence-corrected chi connectivity index (χ4v) is 1.82. The average molecular weight is 226 g/mol. The lowest BCUT2D eigenvalue weighted by atomic mass is 10.3. The normalized spacial score (nSPS) is 9.80. The van der Waals surface area contributed by atoms with E-state index in [2.05, 4.69) is 11.7 Å². The summed E-state index contributed by atoms with van der Waals surface area (Å²) in [4.78, 5) is 4.85. The summed E-state index contributed by atoms with van der Waals surface area (Å²) in [7, 11) is 3.18. The first-order valence-electron chi connectivity index (χ1n) is 4.32. The van der Waals surface area contributed by atoms with E-state index >= 15 is 0 Å². The molecule has 4 nitrogen and oxygen atoms in total. The summed E-state index contributed by atoms with van der Waals surface area (Å²) in [6, 6.07) is 3.63. The molecule has 0 fully saturated rings. The van der Waals surface area contributed by atoms with E-state index in [1.165, 1.54) is 11.8 Å². The van der Waals surface area contributed by atoms with Gasteiger partial charge in [-0.3, -0.25) is 4.99 Å². The predicted molar refractivity (Wildman–Crippen MR) is 63.7 cm³/mol. The molecule has 0 heterocycles. The van der Waals surface area contributed by atoms with Crippen molar-refractivity contribution in [3.8, 4) is 11.5 Å². The van der Waals surface area contributed by atoms with Crippen molar-refractivity contribution in [2.24, 2.45) is 10.7 Å². The monoisotopic (exact) mass is 226 g/mol. The molecule has 5 heteroatoms. The van der Waals surface area contributed by atoms with Crippen LogP contribution in [0.2, 0.25) is 0 Å². The summed E-state index contributed by atoms with van der Waals surface area (Å²) >= 11 is 1.48. The van der Waals surface area contributed by atoms with E-state index in [0.717, 1.165) is 10.6 Å². The zero-order valence-electron chi connectivity index (χ0n) is 8.82. The van der Waals surface area contributed by atoms with Crippen LogP contribution in [0.15, 0.2) is 22.0 Å². The lowest BCUT2D eigenvalue weighted by Gasteiger charge is -2.11. The van der Waals surface area contributed by atoms with Crippen LogP contribution in [0.5, 0.6) is 11.5 Å². The van der Waals surface area contributed by atoms with Crippen LogP contribution < -0.4 is 15.2 Å². The highest BCUT2D eigenvalue weighted by molar-refractivity contribution is 7.99. The second-order valence-electron chi connectivity index (χ2n) is 2.64. The standard InChI is InChI=1S/C10H14N2O2S/c1-12-7-4-8(13-2)9(14-3)5-10(7)15-6-11/h4-5H,1,6,11H2,2-3H3. The van der Waals surface area contributed by atoms with Gasteiger partial charge in [0.2, 0.25) is 0 Å². The highest BCUT2D eigenvalue weighted by Gasteiger charge is 2.09. The Morgan fingerprint density at radius 2 is 1.93 bits per heavy atom. The van der Waals surface area contributed by atoms with Crippen LogP contribution in [-0.2, 0) is 0 Å². The van der Waals surface area contributed by atoms with Crippen LogP contribution >= 0.6 is 11.8 Å². The van der Waals surface area contributed by atoms with Crippen LogP contribution in [-0.4, -0.2) is 26.8 Å². The minimum absolute atomic E-state index is 0.484. The van der Waals surface area contributed by atoms with Crippen LogP contribution in [0.1, 0.15) is 0 Å². The number of methoxy groups -OCH3 is 2. The first kappa shape index (κ1) is 11.9. The van der Waals surface area contributed by atoms with Crippen molar-refractivity contribution in [3.63, 3.8) is 0 Å². The quantitative estimate of drug-likeness (QED) is 0.474. The van der Waals surface area contributed by atoms with Crippen LogP contribution in [0, 0.1) is 0 Å². The lowest BCUT2D eigenvalue weighted by molar-refractivity contribution is 0.354. The van der Waals surface area contributed by atoms with E-state index in [0.29, 0.717) is 17.4 Å². The first-order valence-corrected chi connectivity index (χ1v) is 5.31. The molecule has 0 saturated heterocycles. The molecule has 0 aliphatic rings. The largest absolute Gasteiger partial charge is 0.493 e. The summed E-state index contributed by atoms with van der Waals surface area (Å²) in [5.74, 6) is 1.79. The molecular formula is C10H14N2O2S. The van der Waals surface area contributed by atoms with Crippen molar-refractivity contribution in [2.45, 2.75) is 4.90 Å². The average Bonchev–Trinajstić information content (AvgIpc) is 2.28. The molecular weight excluding hydrogens is 212 g/mol. The van der Waals surface area contributed by atoms with Gasteiger partial charge in [-0.05, 0) is 12.8 Å². The van der Waals surface area contributed by atoms with Gasteiger partial charge in [-0.2, -0.15) is 0 Å². The molecule has 1 aromatic rings. The molecule has 0 atom stereocenters. The molecule has 15 heavy (non-hydrogen) atoms. The van der Waals surface area contributed by atoms with Gasteiger partial charge in [0.05, 0.1) is 19.9 Å². The number of thioether (sulfide) groups is 1. The van der Waals surface area contributed by atoms with Gasteiger partial charge in [-0.15, -0.1) is 11.8 Å². The van der Waals surface area contributed by atoms with E-state index in [4.69, 9.17) is 15.2 Å². The first-order chi connectivity index (χ1) is 7.26. The zero-order valence-corrected chi connectivity index (χ0v) is 9.63. The Morgan fingerprint density at radius 3 is 2.40 bits per heavy atom. The number of benzene rings is 1. The van der Waals surface area contributed by atoms with Gasteiger partial charge in [0, 0.05) is 16.8 Å². The molecule has 1 rings (SSSR count). The maximum atomic E-state index is 5.48. The molecule has 0 radical (unpaired) electrons. The predicted octanol–water partition coefficient (Wildman–Crippen LogP) is 2.04. The summed E-state index contributed by atoms with van der Waals surface area (Å²) in [5, 5.41) is 0. The molecule has 0 spiro atoms. The van der Waals surface area contributed by atoms with Gasteiger partial charge in [-0.1, -0.05) is 0 Å². The second-order valence-corrected chi connectivity index (χ2v) is 3.71. The fourth-order valence-electron chi connectivity index (χ4n) is 1.18. The molecule has 0 bridgehead atoms. The van der Waals surface area contributed by atoms with Crippen LogP contribution in [0.4, 0.5) is 5.69 Å². The molecule has 0 saturated carbocycles. The second kappa shape index (κ2) is 5.63. The lowest BCUT2D eigenvalue weighted by Crippen LogP contribution is -1.94. The zero-order chi connectivity index (χ0) is 11.3. The minimum atomic E-state index is 0.484. The van der Waals surface area contributed by atoms with Crippen molar-refractivity contribution >= 4 is 24.2 Å². The number of ether oxygens (including phenoxy) is 2. The Kier molecular flexibility index (Phi) is 4.45. The van der Waals surface area contributed by atoms with Crippen molar-refractivity contribution in [2.75, 3.05) is 20.1 Å². The topological polar surface area (TPSA) is 56.8 Å². The molecule has 2 N–H and O–H groups in total. The number of nitrogens with zero attached hydrogens (tertiary/aromatic N) is 1. The van der Waals surface area contributed by atoms with E-state index in [-0.39, 0.29) is 0 Å². The fraction of sp³-hybridized carbons (Fsp3) is 0.300. The highest BCUT2D eigenvalue weighted by atomic mass is 32.2. The van der Waals surface area contributed by atoms with Crippen molar-refractivity contribution in [1.82, 2.24) is 0 Å². The molecule has 1 aromatic carbocycles. The van der Waals surface area contributed by atoms with Gasteiger partial charge in [0.1, 0.15) is 0 Å². The maximum absolute atomic E-state index is 5.48. The molecule has 0 aliphatic heterocycles. The summed E-state index contributed by atoms with van der Waals surface area (Å²) in [6.07, 6.45) is 0. The molecule has 82 valence electrons. The SMILES string of the molecule is C=Nc1cc(OC)c(OC)cc1SCN. The Balaban J connectivity index is 3.20. The molecule has 0 aliphatic carbocycles. The minimum Gasteiger partial charge on any atom is -0.493 e. The number of hydrogen-bond acceptors (Lipinski definition) is 5. The Hall–Kier alpha value is -1.20. The summed E-state index contributed by atoms with van der Waals surface area (Å²) in [6.45, 7) is 3.50. The smallest absolute Gasteiger partial charge is 0.162 e. The summed E-state index contributed by atoms with van der Waals surface area (Å²) < 4.78 is 10.3. The number of rotatable bonds is 5. The summed E-state index contributed by atoms with van der Waals surface area (Å²) in [5.41, 5.74) is 6.23. The Labute approximate surface area is 93.5 Å². The van der Waals surface area contributed by atoms with Crippen LogP contribution in [0.25, 0.3) is 0 Å². The Morgan fingerprint density at radius 1 is 1.33 bits per heavy atom. The molecule has 0 amide bonds. The van der Waals surface area contributed by atoms with E-state index in [1.54, 1.807) is 20.3 Å². The van der Waals surface area contributed by atoms with Gasteiger partial charge in [0.25, 0.3) is 0 Å². The van der Waals surface area contributed by atoms with E-state index in [1.807, 2.05) is 6.07 Å². The molecule has 0 unspecified atom stereocenters. The van der Waals surface area contributed by atoms with Gasteiger partial charge in [-0.25, -0.2) is 0 Å².